The highest BCUT2D eigenvalue weighted by Crippen LogP contribution is 2.12. The minimum Gasteiger partial charge on any atom is -0.287 e. The molecule has 0 atom stereocenters. The Morgan fingerprint density at radius 3 is 2.63 bits per heavy atom. The van der Waals surface area contributed by atoms with Crippen LogP contribution in [0.2, 0.25) is 0 Å². The summed E-state index contributed by atoms with van der Waals surface area (Å²) >= 11 is 0. The van der Waals surface area contributed by atoms with Crippen LogP contribution in [0, 0.1) is 18.2 Å². The first-order valence-corrected chi connectivity index (χ1v) is 5.93. The zero-order valence-corrected chi connectivity index (χ0v) is 10.6. The van der Waals surface area contributed by atoms with Crippen LogP contribution in [0.25, 0.3) is 0 Å². The van der Waals surface area contributed by atoms with Crippen LogP contribution in [-0.4, -0.2) is 16.1 Å². The highest BCUT2D eigenvalue weighted by atomic mass is 19.1. The standard InChI is InChI=1S/C15H15FN2O/c1-11-5-4-7-12(9-11)15(17)18(19)10-13-6-2-3-8-14(13)16/h2-9,17,19H,10H2,1H3. The van der Waals surface area contributed by atoms with E-state index in [0.717, 1.165) is 10.6 Å². The first kappa shape index (κ1) is 13.2. The quantitative estimate of drug-likeness (QED) is 0.504. The van der Waals surface area contributed by atoms with E-state index in [1.807, 2.05) is 19.1 Å². The van der Waals surface area contributed by atoms with E-state index in [1.54, 1.807) is 30.3 Å². The Hall–Kier alpha value is -2.20. The zero-order valence-electron chi connectivity index (χ0n) is 10.6. The normalized spacial score (nSPS) is 10.3. The number of nitrogens with zero attached hydrogens (tertiary/aromatic N) is 1. The highest BCUT2D eigenvalue weighted by Gasteiger charge is 2.12. The van der Waals surface area contributed by atoms with Crippen LogP contribution >= 0.6 is 0 Å². The molecule has 0 aliphatic heterocycles. The van der Waals surface area contributed by atoms with Gasteiger partial charge in [-0.05, 0) is 19.1 Å². The van der Waals surface area contributed by atoms with Gasteiger partial charge in [-0.15, -0.1) is 0 Å². The average molecular weight is 258 g/mol. The van der Waals surface area contributed by atoms with Gasteiger partial charge in [-0.3, -0.25) is 10.6 Å². The van der Waals surface area contributed by atoms with Crippen molar-refractivity contribution in [2.45, 2.75) is 13.5 Å². The van der Waals surface area contributed by atoms with Gasteiger partial charge in [-0.2, -0.15) is 0 Å². The molecule has 0 unspecified atom stereocenters. The molecule has 2 rings (SSSR count). The number of halogens is 1. The Bertz CT molecular complexity index is 598. The lowest BCUT2D eigenvalue weighted by Gasteiger charge is -2.18. The largest absolute Gasteiger partial charge is 0.287 e. The predicted octanol–water partition coefficient (Wildman–Crippen LogP) is 3.35. The first-order chi connectivity index (χ1) is 9.08. The molecule has 0 aliphatic rings. The topological polar surface area (TPSA) is 47.3 Å². The molecule has 0 bridgehead atoms. The third kappa shape index (κ3) is 3.17. The second kappa shape index (κ2) is 5.63. The number of nitrogens with one attached hydrogen (secondary N) is 1. The van der Waals surface area contributed by atoms with Gasteiger partial charge in [-0.1, -0.05) is 42.0 Å². The van der Waals surface area contributed by atoms with E-state index in [-0.39, 0.29) is 12.4 Å². The van der Waals surface area contributed by atoms with Gasteiger partial charge < -0.3 is 0 Å². The van der Waals surface area contributed by atoms with E-state index in [0.29, 0.717) is 11.1 Å². The summed E-state index contributed by atoms with van der Waals surface area (Å²) in [6, 6.07) is 13.5. The number of hydrogen-bond acceptors (Lipinski definition) is 2. The van der Waals surface area contributed by atoms with Gasteiger partial charge in [0.05, 0.1) is 6.54 Å². The van der Waals surface area contributed by atoms with Crippen LogP contribution in [0.15, 0.2) is 48.5 Å². The molecule has 2 aromatic rings. The van der Waals surface area contributed by atoms with Crippen molar-refractivity contribution in [3.8, 4) is 0 Å². The van der Waals surface area contributed by atoms with Gasteiger partial charge in [0.2, 0.25) is 0 Å². The molecular weight excluding hydrogens is 243 g/mol. The van der Waals surface area contributed by atoms with Crippen molar-refractivity contribution in [1.29, 1.82) is 5.41 Å². The van der Waals surface area contributed by atoms with Gasteiger partial charge >= 0.3 is 0 Å². The maximum absolute atomic E-state index is 13.5. The third-order valence-corrected chi connectivity index (χ3v) is 2.83. The molecule has 0 amide bonds. The van der Waals surface area contributed by atoms with Gasteiger partial charge in [0.1, 0.15) is 5.82 Å². The number of amidine groups is 1. The van der Waals surface area contributed by atoms with Crippen molar-refractivity contribution in [1.82, 2.24) is 5.06 Å². The molecule has 0 spiro atoms. The van der Waals surface area contributed by atoms with Crippen LogP contribution in [0.4, 0.5) is 4.39 Å². The van der Waals surface area contributed by atoms with Crippen molar-refractivity contribution < 1.29 is 9.60 Å². The number of hydrogen-bond donors (Lipinski definition) is 2. The second-order valence-electron chi connectivity index (χ2n) is 4.37. The molecule has 2 N–H and O–H groups in total. The molecule has 19 heavy (non-hydrogen) atoms. The first-order valence-electron chi connectivity index (χ1n) is 5.93. The van der Waals surface area contributed by atoms with Gasteiger partial charge in [0.25, 0.3) is 0 Å². The van der Waals surface area contributed by atoms with Crippen LogP contribution in [0.5, 0.6) is 0 Å². The summed E-state index contributed by atoms with van der Waals surface area (Å²) in [5.74, 6) is -0.439. The Labute approximate surface area is 111 Å². The van der Waals surface area contributed by atoms with Gasteiger partial charge in [-0.25, -0.2) is 9.45 Å². The number of aryl methyl sites for hydroxylation is 1. The molecule has 3 nitrogen and oxygen atoms in total. The average Bonchev–Trinajstić information content (AvgIpc) is 2.40. The molecule has 0 heterocycles. The van der Waals surface area contributed by atoms with Gasteiger partial charge in [0, 0.05) is 11.1 Å². The summed E-state index contributed by atoms with van der Waals surface area (Å²) in [5, 5.41) is 18.5. The maximum Gasteiger partial charge on any atom is 0.152 e. The van der Waals surface area contributed by atoms with E-state index in [9.17, 15) is 9.60 Å². The lowest BCUT2D eigenvalue weighted by atomic mass is 10.1. The number of rotatable bonds is 3. The maximum atomic E-state index is 13.5. The van der Waals surface area contributed by atoms with Crippen molar-refractivity contribution in [3.63, 3.8) is 0 Å². The number of benzene rings is 2. The molecule has 0 saturated heterocycles. The van der Waals surface area contributed by atoms with Crippen molar-refractivity contribution >= 4 is 5.84 Å². The summed E-state index contributed by atoms with van der Waals surface area (Å²) in [4.78, 5) is 0. The van der Waals surface area contributed by atoms with Crippen LogP contribution < -0.4 is 0 Å². The minimum atomic E-state index is -0.390. The molecule has 98 valence electrons. The fourth-order valence-corrected chi connectivity index (χ4v) is 1.81. The minimum absolute atomic E-state index is 0.0491. The molecule has 0 aromatic heterocycles. The third-order valence-electron chi connectivity index (χ3n) is 2.83. The molecular formula is C15H15FN2O. The summed E-state index contributed by atoms with van der Waals surface area (Å²) < 4.78 is 13.5. The molecule has 0 saturated carbocycles. The second-order valence-corrected chi connectivity index (χ2v) is 4.37. The summed E-state index contributed by atoms with van der Waals surface area (Å²) in [6.07, 6.45) is 0. The smallest absolute Gasteiger partial charge is 0.152 e. The lowest BCUT2D eigenvalue weighted by molar-refractivity contribution is -0.0238. The monoisotopic (exact) mass is 258 g/mol. The van der Waals surface area contributed by atoms with Crippen LogP contribution in [0.1, 0.15) is 16.7 Å². The van der Waals surface area contributed by atoms with Crippen molar-refractivity contribution in [2.75, 3.05) is 0 Å². The fourth-order valence-electron chi connectivity index (χ4n) is 1.81. The van der Waals surface area contributed by atoms with E-state index >= 15 is 0 Å². The molecule has 0 fully saturated rings. The van der Waals surface area contributed by atoms with E-state index in [1.165, 1.54) is 6.07 Å². The van der Waals surface area contributed by atoms with Crippen molar-refractivity contribution in [2.24, 2.45) is 0 Å². The zero-order chi connectivity index (χ0) is 13.8. The van der Waals surface area contributed by atoms with Crippen LogP contribution in [-0.2, 0) is 6.54 Å². The summed E-state index contributed by atoms with van der Waals surface area (Å²) in [7, 11) is 0. The Morgan fingerprint density at radius 1 is 1.21 bits per heavy atom. The molecule has 4 heteroatoms. The Kier molecular flexibility index (Phi) is 3.92. The SMILES string of the molecule is Cc1cccc(C(=N)N(O)Cc2ccccc2F)c1. The Morgan fingerprint density at radius 2 is 1.95 bits per heavy atom. The number of hydroxylamine groups is 2. The Balaban J connectivity index is 2.14. The summed E-state index contributed by atoms with van der Waals surface area (Å²) in [5.41, 5.74) is 1.95. The molecule has 0 radical (unpaired) electrons. The summed E-state index contributed by atoms with van der Waals surface area (Å²) in [6.45, 7) is 1.86. The van der Waals surface area contributed by atoms with E-state index in [2.05, 4.69) is 0 Å². The fraction of sp³-hybridized carbons (Fsp3) is 0.133. The predicted molar refractivity (Wildman–Crippen MR) is 71.7 cm³/mol. The highest BCUT2D eigenvalue weighted by molar-refractivity contribution is 5.95. The van der Waals surface area contributed by atoms with E-state index < -0.39 is 5.82 Å². The lowest BCUT2D eigenvalue weighted by Crippen LogP contribution is -2.27. The van der Waals surface area contributed by atoms with E-state index in [4.69, 9.17) is 5.41 Å². The molecule has 0 aliphatic carbocycles. The van der Waals surface area contributed by atoms with Gasteiger partial charge in [0.15, 0.2) is 5.84 Å². The van der Waals surface area contributed by atoms with Crippen LogP contribution in [0.3, 0.4) is 0 Å². The molecule has 2 aromatic carbocycles. The van der Waals surface area contributed by atoms with Crippen molar-refractivity contribution in [3.05, 3.63) is 71.0 Å².